The number of methoxy groups -OCH3 is 1. The Morgan fingerprint density at radius 1 is 1.26 bits per heavy atom. The van der Waals surface area contributed by atoms with Gasteiger partial charge in [0.2, 0.25) is 5.88 Å². The Hall–Kier alpha value is -2.28. The van der Waals surface area contributed by atoms with Crippen LogP contribution in [0.15, 0.2) is 6.07 Å². The Morgan fingerprint density at radius 3 is 2.33 bits per heavy atom. The number of anilines is 1. The van der Waals surface area contributed by atoms with Crippen molar-refractivity contribution in [3.63, 3.8) is 0 Å². The van der Waals surface area contributed by atoms with Gasteiger partial charge in [-0.2, -0.15) is 26.3 Å². The summed E-state index contributed by atoms with van der Waals surface area (Å²) in [7, 11) is 1.27. The normalized spacial score (nSPS) is 14.6. The molecule has 0 fully saturated rings. The minimum Gasteiger partial charge on any atom is -0.475 e. The number of alkyl halides is 6. The molecular weight excluding hydrogens is 388 g/mol. The second-order valence-electron chi connectivity index (χ2n) is 5.57. The van der Waals surface area contributed by atoms with E-state index in [-0.39, 0.29) is 13.2 Å². The van der Waals surface area contributed by atoms with Crippen LogP contribution < -0.4 is 15.8 Å². The monoisotopic (exact) mass is 405 g/mol. The maximum absolute atomic E-state index is 13.0. The first kappa shape index (κ1) is 22.8. The molecule has 0 saturated carbocycles. The van der Waals surface area contributed by atoms with Crippen LogP contribution in [0, 0.1) is 0 Å². The largest absolute Gasteiger partial charge is 0.475 e. The number of aliphatic hydroxyl groups is 1. The minimum atomic E-state index is -5.05. The fraction of sp³-hybridized carbons (Fsp3) is 0.571. The van der Waals surface area contributed by atoms with Gasteiger partial charge in [-0.3, -0.25) is 4.79 Å². The standard InChI is InChI=1S/C14H17F6N3O4/c1-12(25,14(18,19)20)6-22-10(24)9-8(21)5-7(13(15,16)17)11(23-9)27-4-3-26-2/h5,25H,3-4,6,21H2,1-2H3,(H,22,24)/t12-/m0/s1. The Kier molecular flexibility index (Phi) is 6.88. The summed E-state index contributed by atoms with van der Waals surface area (Å²) in [5.41, 5.74) is -0.764. The van der Waals surface area contributed by atoms with Gasteiger partial charge in [-0.1, -0.05) is 0 Å². The van der Waals surface area contributed by atoms with Crippen molar-refractivity contribution in [3.05, 3.63) is 17.3 Å². The molecule has 1 amide bonds. The van der Waals surface area contributed by atoms with Crippen molar-refractivity contribution in [2.75, 3.05) is 32.6 Å². The lowest BCUT2D eigenvalue weighted by Crippen LogP contribution is -2.51. The van der Waals surface area contributed by atoms with Gasteiger partial charge in [0.15, 0.2) is 11.3 Å². The van der Waals surface area contributed by atoms with Gasteiger partial charge >= 0.3 is 12.4 Å². The quantitative estimate of drug-likeness (QED) is 0.472. The Balaban J connectivity index is 3.13. The van der Waals surface area contributed by atoms with Gasteiger partial charge in [-0.05, 0) is 13.0 Å². The summed E-state index contributed by atoms with van der Waals surface area (Å²) in [6.45, 7) is -1.27. The third kappa shape index (κ3) is 5.85. The van der Waals surface area contributed by atoms with Gasteiger partial charge in [0, 0.05) is 7.11 Å². The zero-order valence-corrected chi connectivity index (χ0v) is 14.2. The van der Waals surface area contributed by atoms with Gasteiger partial charge in [-0.25, -0.2) is 4.98 Å². The van der Waals surface area contributed by atoms with Gasteiger partial charge in [0.05, 0.1) is 18.8 Å². The van der Waals surface area contributed by atoms with Crippen LogP contribution in [0.5, 0.6) is 5.88 Å². The van der Waals surface area contributed by atoms with Crippen molar-refractivity contribution in [2.24, 2.45) is 0 Å². The summed E-state index contributed by atoms with van der Waals surface area (Å²) in [6.07, 6.45) is -9.95. The highest BCUT2D eigenvalue weighted by Crippen LogP contribution is 2.37. The molecule has 13 heteroatoms. The van der Waals surface area contributed by atoms with Crippen LogP contribution in [0.1, 0.15) is 23.0 Å². The van der Waals surface area contributed by atoms with Crippen LogP contribution in [0.4, 0.5) is 32.0 Å². The summed E-state index contributed by atoms with van der Waals surface area (Å²) in [5, 5.41) is 11.0. The third-order valence-corrected chi connectivity index (χ3v) is 3.27. The maximum atomic E-state index is 13.0. The Labute approximate surface area is 149 Å². The molecule has 1 atom stereocenters. The molecule has 0 bridgehead atoms. The number of hydrogen-bond acceptors (Lipinski definition) is 6. The number of nitrogens with zero attached hydrogens (tertiary/aromatic N) is 1. The van der Waals surface area contributed by atoms with E-state index in [0.29, 0.717) is 13.0 Å². The van der Waals surface area contributed by atoms with Gasteiger partial charge in [0.1, 0.15) is 12.2 Å². The molecule has 0 saturated heterocycles. The number of aromatic nitrogens is 1. The fourth-order valence-corrected chi connectivity index (χ4v) is 1.66. The number of nitrogens with one attached hydrogen (secondary N) is 1. The van der Waals surface area contributed by atoms with Crippen LogP contribution in [-0.4, -0.2) is 54.6 Å². The van der Waals surface area contributed by atoms with E-state index in [1.54, 1.807) is 5.32 Å². The predicted octanol–water partition coefficient (Wildman–Crippen LogP) is 1.75. The zero-order chi connectivity index (χ0) is 21.0. The van der Waals surface area contributed by atoms with Crippen molar-refractivity contribution in [3.8, 4) is 5.88 Å². The summed E-state index contributed by atoms with van der Waals surface area (Å²) in [4.78, 5) is 15.4. The van der Waals surface area contributed by atoms with E-state index in [2.05, 4.69) is 9.72 Å². The van der Waals surface area contributed by atoms with E-state index in [9.17, 15) is 36.2 Å². The number of ether oxygens (including phenoxy) is 2. The number of amides is 1. The van der Waals surface area contributed by atoms with Crippen molar-refractivity contribution in [1.29, 1.82) is 0 Å². The van der Waals surface area contributed by atoms with Gasteiger partial charge in [-0.15, -0.1) is 0 Å². The fourth-order valence-electron chi connectivity index (χ4n) is 1.66. The number of carbonyl (C=O) groups is 1. The van der Waals surface area contributed by atoms with Crippen LogP contribution in [-0.2, 0) is 10.9 Å². The van der Waals surface area contributed by atoms with Crippen molar-refractivity contribution in [1.82, 2.24) is 10.3 Å². The third-order valence-electron chi connectivity index (χ3n) is 3.27. The number of pyridine rings is 1. The number of halogens is 6. The summed E-state index contributed by atoms with van der Waals surface area (Å²) in [5.74, 6) is -2.30. The average Bonchev–Trinajstić information content (AvgIpc) is 2.52. The van der Waals surface area contributed by atoms with E-state index >= 15 is 0 Å². The molecule has 27 heavy (non-hydrogen) atoms. The molecular formula is C14H17F6N3O4. The smallest absolute Gasteiger partial charge is 0.421 e. The lowest BCUT2D eigenvalue weighted by molar-refractivity contribution is -0.249. The van der Waals surface area contributed by atoms with Crippen LogP contribution in [0.25, 0.3) is 0 Å². The highest BCUT2D eigenvalue weighted by Gasteiger charge is 2.50. The first-order valence-electron chi connectivity index (χ1n) is 7.27. The van der Waals surface area contributed by atoms with Crippen LogP contribution in [0.3, 0.4) is 0 Å². The van der Waals surface area contributed by atoms with Crippen LogP contribution >= 0.6 is 0 Å². The lowest BCUT2D eigenvalue weighted by atomic mass is 10.1. The molecule has 0 unspecified atom stereocenters. The maximum Gasteiger partial charge on any atom is 0.421 e. The molecule has 154 valence electrons. The second kappa shape index (κ2) is 8.17. The topological polar surface area (TPSA) is 107 Å². The molecule has 4 N–H and O–H groups in total. The SMILES string of the molecule is COCCOc1nc(C(=O)NC[C@](C)(O)C(F)(F)F)c(N)cc1C(F)(F)F. The highest BCUT2D eigenvalue weighted by molar-refractivity contribution is 5.97. The molecule has 0 spiro atoms. The van der Waals surface area contributed by atoms with E-state index in [0.717, 1.165) is 0 Å². The molecule has 0 aliphatic rings. The summed E-state index contributed by atoms with van der Waals surface area (Å²) < 4.78 is 86.3. The van der Waals surface area contributed by atoms with E-state index < -0.39 is 53.2 Å². The Bertz CT molecular complexity index is 676. The number of nitrogen functional groups attached to an aromatic ring is 1. The predicted molar refractivity (Wildman–Crippen MR) is 80.0 cm³/mol. The lowest BCUT2D eigenvalue weighted by Gasteiger charge is -2.26. The molecule has 1 rings (SSSR count). The van der Waals surface area contributed by atoms with Gasteiger partial charge in [0.25, 0.3) is 5.91 Å². The van der Waals surface area contributed by atoms with Crippen LogP contribution in [0.2, 0.25) is 0 Å². The number of rotatable bonds is 7. The molecule has 1 aromatic heterocycles. The summed E-state index contributed by atoms with van der Waals surface area (Å²) in [6, 6.07) is 0.381. The second-order valence-corrected chi connectivity index (χ2v) is 5.57. The summed E-state index contributed by atoms with van der Waals surface area (Å²) >= 11 is 0. The first-order chi connectivity index (χ1) is 12.2. The highest BCUT2D eigenvalue weighted by atomic mass is 19.4. The number of nitrogens with two attached hydrogens (primary N) is 1. The molecule has 0 radical (unpaired) electrons. The van der Waals surface area contributed by atoms with E-state index in [1.807, 2.05) is 0 Å². The van der Waals surface area contributed by atoms with Crippen molar-refractivity contribution in [2.45, 2.75) is 24.9 Å². The minimum absolute atomic E-state index is 0.0840. The molecule has 1 aromatic rings. The van der Waals surface area contributed by atoms with Crippen molar-refractivity contribution < 1.29 is 45.7 Å². The molecule has 1 heterocycles. The number of carbonyl (C=O) groups excluding carboxylic acids is 1. The molecule has 7 nitrogen and oxygen atoms in total. The number of hydrogen-bond donors (Lipinski definition) is 3. The first-order valence-corrected chi connectivity index (χ1v) is 7.27. The van der Waals surface area contributed by atoms with Crippen molar-refractivity contribution >= 4 is 11.6 Å². The zero-order valence-electron chi connectivity index (χ0n) is 14.2. The van der Waals surface area contributed by atoms with Gasteiger partial charge < -0.3 is 25.6 Å². The average molecular weight is 405 g/mol. The molecule has 0 aliphatic carbocycles. The van der Waals surface area contributed by atoms with E-state index in [1.165, 1.54) is 7.11 Å². The Morgan fingerprint density at radius 2 is 1.85 bits per heavy atom. The molecule has 0 aromatic carbocycles. The van der Waals surface area contributed by atoms with E-state index in [4.69, 9.17) is 10.5 Å². The molecule has 0 aliphatic heterocycles.